The molecule has 3 aromatic rings. The minimum Gasteiger partial charge on any atom is -0.468 e. The van der Waals surface area contributed by atoms with Crippen LogP contribution < -0.4 is 0 Å². The number of sulfonamides is 1. The Bertz CT molecular complexity index is 867. The van der Waals surface area contributed by atoms with Crippen molar-refractivity contribution in [2.45, 2.75) is 24.9 Å². The normalized spacial score (nSPS) is 12.0. The summed E-state index contributed by atoms with van der Waals surface area (Å²) in [6.07, 6.45) is 1.54. The first-order chi connectivity index (χ1) is 11.5. The number of nitrogens with zero attached hydrogens (tertiary/aromatic N) is 1. The van der Waals surface area contributed by atoms with E-state index in [-0.39, 0.29) is 18.0 Å². The maximum absolute atomic E-state index is 13.1. The predicted molar refractivity (Wildman–Crippen MR) is 95.6 cm³/mol. The summed E-state index contributed by atoms with van der Waals surface area (Å²) in [5, 5.41) is 4.30. The molecule has 2 aromatic heterocycles. The second kappa shape index (κ2) is 7.11. The molecule has 0 amide bonds. The fourth-order valence-electron chi connectivity index (χ4n) is 2.27. The average molecular weight is 382 g/mol. The smallest absolute Gasteiger partial charge is 0.243 e. The first-order valence-corrected chi connectivity index (χ1v) is 10.0. The molecule has 0 N–H and O–H groups in total. The van der Waals surface area contributed by atoms with E-state index < -0.39 is 10.0 Å². The molecule has 0 aliphatic rings. The molecule has 0 saturated heterocycles. The topological polar surface area (TPSA) is 50.5 Å². The van der Waals surface area contributed by atoms with Gasteiger partial charge in [-0.1, -0.05) is 17.7 Å². The van der Waals surface area contributed by atoms with Crippen LogP contribution in [0.15, 0.2) is 62.7 Å². The van der Waals surface area contributed by atoms with Crippen LogP contribution in [-0.2, 0) is 23.1 Å². The van der Waals surface area contributed by atoms with Gasteiger partial charge in [-0.2, -0.15) is 15.6 Å². The molecule has 0 fully saturated rings. The molecule has 4 nitrogen and oxygen atoms in total. The van der Waals surface area contributed by atoms with Crippen LogP contribution in [0.1, 0.15) is 16.9 Å². The number of thiophene rings is 1. The third kappa shape index (κ3) is 3.72. The molecule has 24 heavy (non-hydrogen) atoms. The molecule has 1 aromatic carbocycles. The van der Waals surface area contributed by atoms with Crippen molar-refractivity contribution in [1.82, 2.24) is 4.31 Å². The molecule has 0 radical (unpaired) electrons. The van der Waals surface area contributed by atoms with E-state index in [4.69, 9.17) is 16.0 Å². The van der Waals surface area contributed by atoms with E-state index in [0.29, 0.717) is 10.8 Å². The van der Waals surface area contributed by atoms with E-state index in [9.17, 15) is 8.42 Å². The highest BCUT2D eigenvalue weighted by Gasteiger charge is 2.26. The number of hydrogen-bond acceptors (Lipinski definition) is 4. The third-order valence-electron chi connectivity index (χ3n) is 3.63. The van der Waals surface area contributed by atoms with Crippen LogP contribution >= 0.6 is 22.9 Å². The maximum atomic E-state index is 13.1. The van der Waals surface area contributed by atoms with Gasteiger partial charge in [-0.3, -0.25) is 0 Å². The predicted octanol–water partition coefficient (Wildman–Crippen LogP) is 4.69. The minimum absolute atomic E-state index is 0.163. The Morgan fingerprint density at radius 1 is 1.21 bits per heavy atom. The van der Waals surface area contributed by atoms with Crippen LogP contribution in [0.5, 0.6) is 0 Å². The highest BCUT2D eigenvalue weighted by molar-refractivity contribution is 7.89. The van der Waals surface area contributed by atoms with Crippen LogP contribution in [0.3, 0.4) is 0 Å². The van der Waals surface area contributed by atoms with Crippen molar-refractivity contribution in [3.05, 3.63) is 75.3 Å². The molecule has 0 spiro atoms. The standard InChI is InChI=1S/C17H16ClNO3S2/c1-13-4-5-16(9-17(13)18)24(20,21)19(10-14-6-8-23-12-14)11-15-3-2-7-22-15/h2-9,12H,10-11H2,1H3. The fraction of sp³-hybridized carbons (Fsp3) is 0.176. The van der Waals surface area contributed by atoms with Gasteiger partial charge in [-0.05, 0) is 59.1 Å². The van der Waals surface area contributed by atoms with Gasteiger partial charge in [0.15, 0.2) is 0 Å². The van der Waals surface area contributed by atoms with Gasteiger partial charge in [0, 0.05) is 11.6 Å². The molecule has 0 unspecified atom stereocenters. The number of furan rings is 1. The molecule has 0 saturated carbocycles. The summed E-state index contributed by atoms with van der Waals surface area (Å²) in [7, 11) is -3.70. The first kappa shape index (κ1) is 17.2. The van der Waals surface area contributed by atoms with Crippen molar-refractivity contribution in [3.63, 3.8) is 0 Å². The van der Waals surface area contributed by atoms with Gasteiger partial charge in [-0.25, -0.2) is 8.42 Å². The van der Waals surface area contributed by atoms with E-state index in [2.05, 4.69) is 0 Å². The lowest BCUT2D eigenvalue weighted by molar-refractivity contribution is 0.359. The number of rotatable bonds is 6. The molecule has 3 rings (SSSR count). The van der Waals surface area contributed by atoms with Gasteiger partial charge in [0.25, 0.3) is 0 Å². The molecular weight excluding hydrogens is 366 g/mol. The zero-order valence-electron chi connectivity index (χ0n) is 13.0. The average Bonchev–Trinajstić information content (AvgIpc) is 3.23. The van der Waals surface area contributed by atoms with Gasteiger partial charge < -0.3 is 4.42 Å². The third-order valence-corrected chi connectivity index (χ3v) is 6.56. The van der Waals surface area contributed by atoms with Gasteiger partial charge in [-0.15, -0.1) is 0 Å². The van der Waals surface area contributed by atoms with Crippen LogP contribution in [0.4, 0.5) is 0 Å². The highest BCUT2D eigenvalue weighted by atomic mass is 35.5. The fourth-order valence-corrected chi connectivity index (χ4v) is 4.60. The number of halogens is 1. The summed E-state index contributed by atoms with van der Waals surface area (Å²) in [6, 6.07) is 10.2. The van der Waals surface area contributed by atoms with Crippen molar-refractivity contribution in [1.29, 1.82) is 0 Å². The highest BCUT2D eigenvalue weighted by Crippen LogP contribution is 2.26. The van der Waals surface area contributed by atoms with Crippen molar-refractivity contribution >= 4 is 33.0 Å². The summed E-state index contributed by atoms with van der Waals surface area (Å²) < 4.78 is 32.9. The van der Waals surface area contributed by atoms with E-state index in [0.717, 1.165) is 11.1 Å². The SMILES string of the molecule is Cc1ccc(S(=O)(=O)N(Cc2ccsc2)Cc2ccco2)cc1Cl. The summed E-state index contributed by atoms with van der Waals surface area (Å²) >= 11 is 7.64. The Morgan fingerprint density at radius 3 is 2.67 bits per heavy atom. The van der Waals surface area contributed by atoms with E-state index in [1.165, 1.54) is 28.0 Å². The van der Waals surface area contributed by atoms with Crippen molar-refractivity contribution in [2.24, 2.45) is 0 Å². The molecular formula is C17H16ClNO3S2. The van der Waals surface area contributed by atoms with Crippen molar-refractivity contribution < 1.29 is 12.8 Å². The molecule has 0 aliphatic heterocycles. The molecule has 126 valence electrons. The monoisotopic (exact) mass is 381 g/mol. The maximum Gasteiger partial charge on any atom is 0.243 e. The second-order valence-electron chi connectivity index (χ2n) is 5.40. The number of hydrogen-bond donors (Lipinski definition) is 0. The lowest BCUT2D eigenvalue weighted by Crippen LogP contribution is -2.30. The van der Waals surface area contributed by atoms with Crippen molar-refractivity contribution in [2.75, 3.05) is 0 Å². The van der Waals surface area contributed by atoms with Crippen LogP contribution in [0.25, 0.3) is 0 Å². The minimum atomic E-state index is -3.70. The Labute approximate surface area is 150 Å². The Kier molecular flexibility index (Phi) is 5.10. The molecule has 0 aliphatic carbocycles. The molecule has 2 heterocycles. The molecule has 0 atom stereocenters. The number of aryl methyl sites for hydroxylation is 1. The lowest BCUT2D eigenvalue weighted by atomic mass is 10.2. The zero-order chi connectivity index (χ0) is 17.2. The zero-order valence-corrected chi connectivity index (χ0v) is 15.4. The Hall–Kier alpha value is -1.60. The van der Waals surface area contributed by atoms with Crippen molar-refractivity contribution in [3.8, 4) is 0 Å². The summed E-state index contributed by atoms with van der Waals surface area (Å²) in [5.41, 5.74) is 1.78. The molecule has 0 bridgehead atoms. The van der Waals surface area contributed by atoms with Gasteiger partial charge in [0.1, 0.15) is 5.76 Å². The van der Waals surface area contributed by atoms with Gasteiger partial charge >= 0.3 is 0 Å². The van der Waals surface area contributed by atoms with Gasteiger partial charge in [0.2, 0.25) is 10.0 Å². The summed E-state index contributed by atoms with van der Waals surface area (Å²) in [5.74, 6) is 0.590. The van der Waals surface area contributed by atoms with Crippen LogP contribution in [0.2, 0.25) is 5.02 Å². The quantitative estimate of drug-likeness (QED) is 0.622. The van der Waals surface area contributed by atoms with E-state index >= 15 is 0 Å². The van der Waals surface area contributed by atoms with Crippen LogP contribution in [-0.4, -0.2) is 12.7 Å². The van der Waals surface area contributed by atoms with Crippen LogP contribution in [0, 0.1) is 6.92 Å². The number of benzene rings is 1. The lowest BCUT2D eigenvalue weighted by Gasteiger charge is -2.21. The van der Waals surface area contributed by atoms with Gasteiger partial charge in [0.05, 0.1) is 17.7 Å². The summed E-state index contributed by atoms with van der Waals surface area (Å²) in [6.45, 7) is 2.28. The second-order valence-corrected chi connectivity index (χ2v) is 8.52. The molecule has 7 heteroatoms. The first-order valence-electron chi connectivity index (χ1n) is 7.26. The summed E-state index contributed by atoms with van der Waals surface area (Å²) in [4.78, 5) is 0.180. The Morgan fingerprint density at radius 2 is 2.04 bits per heavy atom. The van der Waals surface area contributed by atoms with E-state index in [1.54, 1.807) is 24.3 Å². The van der Waals surface area contributed by atoms with E-state index in [1.807, 2.05) is 23.8 Å². The Balaban J connectivity index is 1.97. The largest absolute Gasteiger partial charge is 0.468 e.